The van der Waals surface area contributed by atoms with Gasteiger partial charge in [-0.15, -0.1) is 0 Å². The summed E-state index contributed by atoms with van der Waals surface area (Å²) < 4.78 is 5.51. The number of rotatable bonds is 11. The maximum atomic E-state index is 12.6. The van der Waals surface area contributed by atoms with Crippen LogP contribution in [0.5, 0.6) is 0 Å². The fourth-order valence-electron chi connectivity index (χ4n) is 4.34. The van der Waals surface area contributed by atoms with Crippen LogP contribution in [0.3, 0.4) is 0 Å². The molecule has 0 fully saturated rings. The van der Waals surface area contributed by atoms with Crippen LogP contribution in [0.1, 0.15) is 42.1 Å². The van der Waals surface area contributed by atoms with Crippen LogP contribution in [0, 0.1) is 0 Å². The van der Waals surface area contributed by atoms with Crippen molar-refractivity contribution in [1.29, 1.82) is 0 Å². The van der Waals surface area contributed by atoms with E-state index in [2.05, 4.69) is 20.6 Å². The Balaban J connectivity index is 1.32. The lowest BCUT2D eigenvalue weighted by Crippen LogP contribution is -2.47. The largest absolute Gasteiger partial charge is 0.481 e. The Morgan fingerprint density at radius 1 is 1.06 bits per heavy atom. The van der Waals surface area contributed by atoms with Gasteiger partial charge >= 0.3 is 12.1 Å². The minimum Gasteiger partial charge on any atom is -0.481 e. The summed E-state index contributed by atoms with van der Waals surface area (Å²) in [7, 11) is 0. The lowest BCUT2D eigenvalue weighted by atomic mass is 9.98. The number of benzene rings is 2. The predicted molar refractivity (Wildman–Crippen MR) is 129 cm³/mol. The van der Waals surface area contributed by atoms with Gasteiger partial charge in [0.05, 0.1) is 0 Å². The van der Waals surface area contributed by atoms with Crippen molar-refractivity contribution >= 4 is 18.0 Å². The topological polar surface area (TPSA) is 133 Å². The fourth-order valence-corrected chi connectivity index (χ4v) is 4.34. The van der Waals surface area contributed by atoms with Gasteiger partial charge in [-0.05, 0) is 35.1 Å². The van der Waals surface area contributed by atoms with E-state index >= 15 is 0 Å². The smallest absolute Gasteiger partial charge is 0.407 e. The number of amides is 2. The maximum Gasteiger partial charge on any atom is 0.407 e. The lowest BCUT2D eigenvalue weighted by Gasteiger charge is -2.19. The van der Waals surface area contributed by atoms with E-state index in [4.69, 9.17) is 9.84 Å². The van der Waals surface area contributed by atoms with Gasteiger partial charge in [0, 0.05) is 37.7 Å². The number of ether oxygens (including phenoxy) is 1. The number of carbonyl (C=O) groups is 3. The van der Waals surface area contributed by atoms with E-state index in [0.29, 0.717) is 19.4 Å². The summed E-state index contributed by atoms with van der Waals surface area (Å²) in [4.78, 5) is 43.4. The highest BCUT2D eigenvalue weighted by Crippen LogP contribution is 2.44. The molecule has 1 heterocycles. The summed E-state index contributed by atoms with van der Waals surface area (Å²) >= 11 is 0. The first-order chi connectivity index (χ1) is 17.0. The van der Waals surface area contributed by atoms with Gasteiger partial charge in [-0.3, -0.25) is 9.59 Å². The summed E-state index contributed by atoms with van der Waals surface area (Å²) in [5, 5.41) is 14.3. The Labute approximate surface area is 202 Å². The first kappa shape index (κ1) is 24.0. The molecule has 9 nitrogen and oxygen atoms in total. The SMILES string of the molecule is O=C(O)CCC(NC(=O)OCC1c2ccccc2-c2ccccc21)C(=O)NCCCc1ncc[nH]1. The third-order valence-electron chi connectivity index (χ3n) is 6.04. The van der Waals surface area contributed by atoms with E-state index in [1.807, 2.05) is 48.5 Å². The van der Waals surface area contributed by atoms with Gasteiger partial charge in [0.25, 0.3) is 0 Å². The second-order valence-electron chi connectivity index (χ2n) is 8.39. The Morgan fingerprint density at radius 2 is 1.74 bits per heavy atom. The summed E-state index contributed by atoms with van der Waals surface area (Å²) in [5.74, 6) is -0.784. The van der Waals surface area contributed by atoms with Gasteiger partial charge in [-0.1, -0.05) is 48.5 Å². The molecule has 0 spiro atoms. The molecule has 182 valence electrons. The molecule has 4 N–H and O–H groups in total. The Kier molecular flexibility index (Phi) is 7.77. The molecule has 1 aliphatic rings. The Bertz CT molecular complexity index is 1130. The number of aromatic nitrogens is 2. The normalized spacial score (nSPS) is 12.9. The maximum absolute atomic E-state index is 12.6. The van der Waals surface area contributed by atoms with Crippen LogP contribution in [0.4, 0.5) is 4.79 Å². The average molecular weight is 477 g/mol. The number of H-pyrrole nitrogens is 1. The summed E-state index contributed by atoms with van der Waals surface area (Å²) in [6.45, 7) is 0.478. The molecule has 9 heteroatoms. The highest BCUT2D eigenvalue weighted by Gasteiger charge is 2.29. The van der Waals surface area contributed by atoms with Crippen LogP contribution in [0.15, 0.2) is 60.9 Å². The summed E-state index contributed by atoms with van der Waals surface area (Å²) in [6, 6.07) is 15.0. The summed E-state index contributed by atoms with van der Waals surface area (Å²) in [6.07, 6.45) is 3.65. The molecule has 3 aromatic rings. The number of aromatic amines is 1. The second-order valence-corrected chi connectivity index (χ2v) is 8.39. The van der Waals surface area contributed by atoms with Crippen molar-refractivity contribution in [2.24, 2.45) is 0 Å². The highest BCUT2D eigenvalue weighted by molar-refractivity contribution is 5.86. The van der Waals surface area contributed by atoms with Gasteiger partial charge in [0.15, 0.2) is 0 Å². The zero-order chi connectivity index (χ0) is 24.6. The van der Waals surface area contributed by atoms with Crippen molar-refractivity contribution in [3.63, 3.8) is 0 Å². The first-order valence-electron chi connectivity index (χ1n) is 11.6. The van der Waals surface area contributed by atoms with Crippen molar-refractivity contribution in [1.82, 2.24) is 20.6 Å². The number of nitrogens with zero attached hydrogens (tertiary/aromatic N) is 1. The third kappa shape index (κ3) is 6.06. The molecule has 35 heavy (non-hydrogen) atoms. The van der Waals surface area contributed by atoms with Crippen molar-refractivity contribution in [2.75, 3.05) is 13.2 Å². The first-order valence-corrected chi connectivity index (χ1v) is 11.6. The molecule has 0 aliphatic heterocycles. The number of carbonyl (C=O) groups excluding carboxylic acids is 2. The molecule has 1 atom stereocenters. The van der Waals surface area contributed by atoms with Gasteiger partial charge in [-0.25, -0.2) is 9.78 Å². The number of imidazole rings is 1. The molecule has 1 aliphatic carbocycles. The van der Waals surface area contributed by atoms with E-state index in [0.717, 1.165) is 28.1 Å². The van der Waals surface area contributed by atoms with Crippen molar-refractivity contribution in [3.05, 3.63) is 77.9 Å². The zero-order valence-electron chi connectivity index (χ0n) is 19.2. The minimum absolute atomic E-state index is 0.0381. The number of alkyl carbamates (subject to hydrolysis) is 1. The van der Waals surface area contributed by atoms with Crippen LogP contribution in [-0.4, -0.2) is 52.2 Å². The molecule has 0 saturated heterocycles. The number of hydrogen-bond donors (Lipinski definition) is 4. The summed E-state index contributed by atoms with van der Waals surface area (Å²) in [5.41, 5.74) is 4.40. The van der Waals surface area contributed by atoms with E-state index in [9.17, 15) is 14.4 Å². The quantitative estimate of drug-likeness (QED) is 0.314. The number of nitrogens with one attached hydrogen (secondary N) is 3. The van der Waals surface area contributed by atoms with E-state index < -0.39 is 24.0 Å². The van der Waals surface area contributed by atoms with Gasteiger partial charge in [-0.2, -0.15) is 0 Å². The molecule has 0 saturated carbocycles. The third-order valence-corrected chi connectivity index (χ3v) is 6.04. The molecule has 0 bridgehead atoms. The zero-order valence-corrected chi connectivity index (χ0v) is 19.2. The number of aliphatic carboxylic acids is 1. The molecular formula is C26H28N4O5. The van der Waals surface area contributed by atoms with Crippen molar-refractivity contribution < 1.29 is 24.2 Å². The number of fused-ring (bicyclic) bond motifs is 3. The van der Waals surface area contributed by atoms with Crippen LogP contribution in [0.25, 0.3) is 11.1 Å². The molecule has 0 radical (unpaired) electrons. The predicted octanol–water partition coefficient (Wildman–Crippen LogP) is 3.23. The monoisotopic (exact) mass is 476 g/mol. The van der Waals surface area contributed by atoms with Gasteiger partial charge in [0.1, 0.15) is 18.5 Å². The number of carboxylic acids is 1. The van der Waals surface area contributed by atoms with Crippen molar-refractivity contribution in [3.8, 4) is 11.1 Å². The standard InChI is InChI=1S/C26H28N4O5/c31-24(32)12-11-22(25(33)29-13-5-10-23-27-14-15-28-23)30-26(34)35-16-21-19-8-3-1-6-17(19)18-7-2-4-9-20(18)21/h1-4,6-9,14-15,21-22H,5,10-13,16H2,(H,27,28)(H,29,33)(H,30,34)(H,31,32). The Morgan fingerprint density at radius 3 is 2.37 bits per heavy atom. The Hall–Kier alpha value is -4.14. The highest BCUT2D eigenvalue weighted by atomic mass is 16.5. The van der Waals surface area contributed by atoms with Crippen molar-refractivity contribution in [2.45, 2.75) is 37.6 Å². The average Bonchev–Trinajstić information content (AvgIpc) is 3.49. The molecule has 2 aromatic carbocycles. The van der Waals surface area contributed by atoms with Crippen LogP contribution >= 0.6 is 0 Å². The van der Waals surface area contributed by atoms with E-state index in [1.165, 1.54) is 0 Å². The molecule has 1 aromatic heterocycles. The molecule has 2 amide bonds. The molecule has 1 unspecified atom stereocenters. The van der Waals surface area contributed by atoms with E-state index in [1.54, 1.807) is 12.4 Å². The van der Waals surface area contributed by atoms with Gasteiger partial charge in [0.2, 0.25) is 5.91 Å². The van der Waals surface area contributed by atoms with Crippen LogP contribution in [-0.2, 0) is 20.7 Å². The lowest BCUT2D eigenvalue weighted by molar-refractivity contribution is -0.137. The van der Waals surface area contributed by atoms with Gasteiger partial charge < -0.3 is 25.5 Å². The van der Waals surface area contributed by atoms with E-state index in [-0.39, 0.29) is 25.4 Å². The molecular weight excluding hydrogens is 448 g/mol. The molecule has 4 rings (SSSR count). The fraction of sp³-hybridized carbons (Fsp3) is 0.308. The number of aryl methyl sites for hydroxylation is 1. The second kappa shape index (κ2) is 11.3. The van der Waals surface area contributed by atoms with Crippen LogP contribution in [0.2, 0.25) is 0 Å². The van der Waals surface area contributed by atoms with Crippen LogP contribution < -0.4 is 10.6 Å². The minimum atomic E-state index is -1.05. The number of hydrogen-bond acceptors (Lipinski definition) is 5. The number of carboxylic acid groups (broad SMARTS) is 1.